The zero-order valence-electron chi connectivity index (χ0n) is 23.5. The van der Waals surface area contributed by atoms with Crippen LogP contribution in [0.4, 0.5) is 10.1 Å². The maximum Gasteiger partial charge on any atom is 0.264 e. The molecule has 7 nitrogen and oxygen atoms in total. The molecule has 4 aromatic rings. The Morgan fingerprint density at radius 1 is 0.860 bits per heavy atom. The van der Waals surface area contributed by atoms with Crippen molar-refractivity contribution in [2.75, 3.05) is 17.9 Å². The molecule has 4 rings (SSSR count). The van der Waals surface area contributed by atoms with E-state index in [1.54, 1.807) is 12.1 Å². The summed E-state index contributed by atoms with van der Waals surface area (Å²) in [5.41, 5.74) is 2.27. The average Bonchev–Trinajstić information content (AvgIpc) is 2.98. The first-order valence-corrected chi connectivity index (χ1v) is 15.5. The molecule has 11 heteroatoms. The summed E-state index contributed by atoms with van der Waals surface area (Å²) in [5, 5.41) is 2.97. The van der Waals surface area contributed by atoms with Crippen LogP contribution in [0.2, 0.25) is 10.0 Å². The SMILES string of the molecule is CNC(=O)C(Cc1ccccc1)N(Cc1ccc(F)cc1)C(=O)CN(c1cc(Cl)cc(Cl)c1)S(=O)(=O)c1ccc(C)cc1. The van der Waals surface area contributed by atoms with Crippen LogP contribution in [-0.4, -0.2) is 44.8 Å². The molecule has 224 valence electrons. The molecule has 0 aliphatic heterocycles. The number of sulfonamides is 1. The molecule has 0 bridgehead atoms. The number of anilines is 1. The van der Waals surface area contributed by atoms with Gasteiger partial charge in [-0.25, -0.2) is 12.8 Å². The predicted molar refractivity (Wildman–Crippen MR) is 167 cm³/mol. The highest BCUT2D eigenvalue weighted by Gasteiger charge is 2.34. The van der Waals surface area contributed by atoms with Gasteiger partial charge in [-0.05, 0) is 60.5 Å². The number of hydrogen-bond acceptors (Lipinski definition) is 4. The molecule has 0 aliphatic carbocycles. The maximum absolute atomic E-state index is 14.3. The molecule has 0 saturated heterocycles. The van der Waals surface area contributed by atoms with E-state index in [1.165, 1.54) is 66.5 Å². The van der Waals surface area contributed by atoms with Gasteiger partial charge < -0.3 is 10.2 Å². The Bertz CT molecular complexity index is 1670. The maximum atomic E-state index is 14.3. The van der Waals surface area contributed by atoms with E-state index in [9.17, 15) is 22.4 Å². The Kier molecular flexibility index (Phi) is 10.4. The van der Waals surface area contributed by atoms with E-state index in [2.05, 4.69) is 5.32 Å². The number of amides is 2. The van der Waals surface area contributed by atoms with E-state index in [4.69, 9.17) is 23.2 Å². The van der Waals surface area contributed by atoms with Gasteiger partial charge >= 0.3 is 0 Å². The summed E-state index contributed by atoms with van der Waals surface area (Å²) in [4.78, 5) is 28.8. The Hall–Kier alpha value is -3.92. The highest BCUT2D eigenvalue weighted by atomic mass is 35.5. The van der Waals surface area contributed by atoms with Crippen LogP contribution in [0.3, 0.4) is 0 Å². The van der Waals surface area contributed by atoms with Crippen LogP contribution in [-0.2, 0) is 32.6 Å². The van der Waals surface area contributed by atoms with Crippen LogP contribution in [0.15, 0.2) is 102 Å². The fourth-order valence-electron chi connectivity index (χ4n) is 4.56. The van der Waals surface area contributed by atoms with Crippen molar-refractivity contribution in [2.24, 2.45) is 0 Å². The summed E-state index contributed by atoms with van der Waals surface area (Å²) in [6, 6.07) is 24.1. The van der Waals surface area contributed by atoms with E-state index in [0.29, 0.717) is 5.56 Å². The van der Waals surface area contributed by atoms with Crippen molar-refractivity contribution in [1.82, 2.24) is 10.2 Å². The predicted octanol–water partition coefficient (Wildman–Crippen LogP) is 6.02. The lowest BCUT2D eigenvalue weighted by molar-refractivity contribution is -0.139. The lowest BCUT2D eigenvalue weighted by Crippen LogP contribution is -2.53. The van der Waals surface area contributed by atoms with Crippen molar-refractivity contribution in [1.29, 1.82) is 0 Å². The lowest BCUT2D eigenvalue weighted by atomic mass is 10.0. The molecule has 43 heavy (non-hydrogen) atoms. The second-order valence-electron chi connectivity index (χ2n) is 9.92. The van der Waals surface area contributed by atoms with E-state index in [1.807, 2.05) is 37.3 Å². The molecule has 0 aromatic heterocycles. The topological polar surface area (TPSA) is 86.8 Å². The smallest absolute Gasteiger partial charge is 0.264 e. The Morgan fingerprint density at radius 3 is 2.05 bits per heavy atom. The summed E-state index contributed by atoms with van der Waals surface area (Å²) in [6.45, 7) is 1.07. The summed E-state index contributed by atoms with van der Waals surface area (Å²) >= 11 is 12.5. The molecule has 0 saturated carbocycles. The summed E-state index contributed by atoms with van der Waals surface area (Å²) < 4.78 is 42.7. The molecule has 2 amide bonds. The number of carbonyl (C=O) groups is 2. The van der Waals surface area contributed by atoms with E-state index >= 15 is 0 Å². The van der Waals surface area contributed by atoms with E-state index in [-0.39, 0.29) is 33.6 Å². The number of nitrogens with zero attached hydrogens (tertiary/aromatic N) is 2. The normalized spacial score (nSPS) is 11.9. The number of hydrogen-bond donors (Lipinski definition) is 1. The number of likely N-dealkylation sites (N-methyl/N-ethyl adjacent to an activating group) is 1. The minimum Gasteiger partial charge on any atom is -0.357 e. The van der Waals surface area contributed by atoms with Gasteiger partial charge in [-0.1, -0.05) is 83.4 Å². The standard InChI is InChI=1S/C32H30Cl2FN3O4S/c1-22-8-14-29(15-9-22)43(41,42)38(28-18-25(33)17-26(34)19-28)21-31(39)37(20-24-10-12-27(35)13-11-24)30(32(40)36-2)16-23-6-4-3-5-7-23/h3-15,17-19,30H,16,20-21H2,1-2H3,(H,36,40). The molecular weight excluding hydrogens is 612 g/mol. The quantitative estimate of drug-likeness (QED) is 0.217. The zero-order valence-corrected chi connectivity index (χ0v) is 25.8. The first-order chi connectivity index (χ1) is 20.5. The van der Waals surface area contributed by atoms with Crippen LogP contribution >= 0.6 is 23.2 Å². The van der Waals surface area contributed by atoms with Crippen molar-refractivity contribution in [3.8, 4) is 0 Å². The molecular formula is C32H30Cl2FN3O4S. The molecule has 0 spiro atoms. The van der Waals surface area contributed by atoms with Crippen LogP contribution in [0, 0.1) is 12.7 Å². The van der Waals surface area contributed by atoms with Crippen LogP contribution in [0.5, 0.6) is 0 Å². The molecule has 1 atom stereocenters. The number of carbonyl (C=O) groups excluding carboxylic acids is 2. The molecule has 0 heterocycles. The average molecular weight is 643 g/mol. The molecule has 0 fully saturated rings. The largest absolute Gasteiger partial charge is 0.357 e. The van der Waals surface area contributed by atoms with Gasteiger partial charge in [-0.15, -0.1) is 0 Å². The van der Waals surface area contributed by atoms with Gasteiger partial charge in [0.1, 0.15) is 18.4 Å². The van der Waals surface area contributed by atoms with Gasteiger partial charge in [-0.2, -0.15) is 0 Å². The Morgan fingerprint density at radius 2 is 1.47 bits per heavy atom. The highest BCUT2D eigenvalue weighted by molar-refractivity contribution is 7.92. The molecule has 1 N–H and O–H groups in total. The van der Waals surface area contributed by atoms with Crippen molar-refractivity contribution in [3.63, 3.8) is 0 Å². The van der Waals surface area contributed by atoms with Gasteiger partial charge in [0.15, 0.2) is 0 Å². The van der Waals surface area contributed by atoms with E-state index < -0.39 is 40.2 Å². The number of benzene rings is 4. The molecule has 1 unspecified atom stereocenters. The van der Waals surface area contributed by atoms with E-state index in [0.717, 1.165) is 15.4 Å². The minimum absolute atomic E-state index is 0.0424. The van der Waals surface area contributed by atoms with Crippen LogP contribution in [0.25, 0.3) is 0 Å². The third-order valence-corrected chi connectivity index (χ3v) is 9.03. The lowest BCUT2D eigenvalue weighted by Gasteiger charge is -2.33. The molecule has 0 radical (unpaired) electrons. The zero-order chi connectivity index (χ0) is 31.1. The summed E-state index contributed by atoms with van der Waals surface area (Å²) in [7, 11) is -2.84. The number of rotatable bonds is 11. The monoisotopic (exact) mass is 641 g/mol. The second kappa shape index (κ2) is 14.0. The van der Waals surface area contributed by atoms with Crippen molar-refractivity contribution in [2.45, 2.75) is 30.8 Å². The Labute approximate surface area is 260 Å². The van der Waals surface area contributed by atoms with Crippen molar-refractivity contribution < 1.29 is 22.4 Å². The fourth-order valence-corrected chi connectivity index (χ4v) is 6.47. The fraction of sp³-hybridized carbons (Fsp3) is 0.188. The number of nitrogens with one attached hydrogen (secondary N) is 1. The first kappa shape index (κ1) is 32.0. The van der Waals surface area contributed by atoms with Gasteiger partial charge in [0, 0.05) is 30.1 Å². The van der Waals surface area contributed by atoms with Crippen molar-refractivity contribution >= 4 is 50.7 Å². The highest BCUT2D eigenvalue weighted by Crippen LogP contribution is 2.30. The van der Waals surface area contributed by atoms with Crippen LogP contribution in [0.1, 0.15) is 16.7 Å². The van der Waals surface area contributed by atoms with Crippen LogP contribution < -0.4 is 9.62 Å². The first-order valence-electron chi connectivity index (χ1n) is 13.3. The summed E-state index contributed by atoms with van der Waals surface area (Å²) in [6.07, 6.45) is 0.154. The number of aryl methyl sites for hydroxylation is 1. The summed E-state index contributed by atoms with van der Waals surface area (Å²) in [5.74, 6) is -1.57. The van der Waals surface area contributed by atoms with Gasteiger partial charge in [-0.3, -0.25) is 13.9 Å². The van der Waals surface area contributed by atoms with Crippen molar-refractivity contribution in [3.05, 3.63) is 130 Å². The molecule has 0 aliphatic rings. The Balaban J connectivity index is 1.80. The van der Waals surface area contributed by atoms with Gasteiger partial charge in [0.2, 0.25) is 11.8 Å². The third-order valence-electron chi connectivity index (χ3n) is 6.81. The number of halogens is 3. The third kappa shape index (κ3) is 8.13. The van der Waals surface area contributed by atoms with Gasteiger partial charge in [0.05, 0.1) is 10.6 Å². The van der Waals surface area contributed by atoms with Gasteiger partial charge in [0.25, 0.3) is 10.0 Å². The molecule has 4 aromatic carbocycles. The minimum atomic E-state index is -4.30. The second-order valence-corrected chi connectivity index (χ2v) is 12.7.